The Hall–Kier alpha value is -0.100. The Bertz CT molecular complexity index is 362. The van der Waals surface area contributed by atoms with E-state index in [2.05, 4.69) is 35.2 Å². The van der Waals surface area contributed by atoms with Crippen LogP contribution in [0, 0.1) is 5.82 Å². The van der Waals surface area contributed by atoms with Crippen LogP contribution in [-0.4, -0.2) is 11.0 Å². The van der Waals surface area contributed by atoms with Gasteiger partial charge in [0.1, 0.15) is 5.82 Å². The number of hydrazine groups is 1. The van der Waals surface area contributed by atoms with Gasteiger partial charge in [0.05, 0.1) is 6.04 Å². The fourth-order valence-electron chi connectivity index (χ4n) is 1.39. The van der Waals surface area contributed by atoms with Crippen molar-refractivity contribution < 1.29 is 4.39 Å². The molecule has 2 nitrogen and oxygen atoms in total. The summed E-state index contributed by atoms with van der Waals surface area (Å²) in [5, 5.41) is 0.557. The van der Waals surface area contributed by atoms with Gasteiger partial charge in [0.25, 0.3) is 0 Å². The molecule has 2 atom stereocenters. The van der Waals surface area contributed by atoms with Gasteiger partial charge < -0.3 is 0 Å². The number of nitrogens with two attached hydrogens (primary N) is 1. The highest BCUT2D eigenvalue weighted by atomic mass is 79.9. The smallest absolute Gasteiger partial charge is 0.128 e. The Labute approximate surface area is 115 Å². The molecule has 1 aromatic rings. The summed E-state index contributed by atoms with van der Waals surface area (Å²) in [5.41, 5.74) is 3.29. The van der Waals surface area contributed by atoms with Gasteiger partial charge in [0.15, 0.2) is 0 Å². The maximum Gasteiger partial charge on any atom is 0.128 e. The van der Waals surface area contributed by atoms with Crippen LogP contribution in [0.4, 0.5) is 4.39 Å². The summed E-state index contributed by atoms with van der Waals surface area (Å²) < 4.78 is 14.6. The molecule has 0 bridgehead atoms. The molecule has 0 fully saturated rings. The summed E-state index contributed by atoms with van der Waals surface area (Å²) in [7, 11) is 0. The van der Waals surface area contributed by atoms with Crippen LogP contribution in [0.15, 0.2) is 22.7 Å². The lowest BCUT2D eigenvalue weighted by Gasteiger charge is -2.19. The van der Waals surface area contributed by atoms with Crippen molar-refractivity contribution in [1.82, 2.24) is 5.43 Å². The molecule has 0 aliphatic rings. The van der Waals surface area contributed by atoms with Gasteiger partial charge in [0.2, 0.25) is 0 Å². The third kappa shape index (κ3) is 4.58. The minimum atomic E-state index is -0.221. The van der Waals surface area contributed by atoms with E-state index in [-0.39, 0.29) is 11.9 Å². The summed E-state index contributed by atoms with van der Waals surface area (Å²) in [6.07, 6.45) is 1.10. The van der Waals surface area contributed by atoms with E-state index in [1.807, 2.05) is 0 Å². The van der Waals surface area contributed by atoms with Crippen LogP contribution in [0.1, 0.15) is 31.9 Å². The van der Waals surface area contributed by atoms with Crippen LogP contribution in [0.25, 0.3) is 0 Å². The summed E-state index contributed by atoms with van der Waals surface area (Å²) in [6, 6.07) is 4.76. The van der Waals surface area contributed by atoms with Crippen molar-refractivity contribution in [3.05, 3.63) is 34.1 Å². The zero-order valence-electron chi connectivity index (χ0n) is 10.0. The number of benzene rings is 1. The Morgan fingerprint density at radius 1 is 1.53 bits per heavy atom. The Morgan fingerprint density at radius 2 is 2.24 bits per heavy atom. The van der Waals surface area contributed by atoms with Crippen LogP contribution >= 0.6 is 27.7 Å². The minimum Gasteiger partial charge on any atom is -0.271 e. The highest BCUT2D eigenvalue weighted by Gasteiger charge is 2.16. The summed E-state index contributed by atoms with van der Waals surface area (Å²) >= 11 is 5.14. The van der Waals surface area contributed by atoms with Crippen LogP contribution in [0.3, 0.4) is 0 Å². The molecule has 17 heavy (non-hydrogen) atoms. The molecule has 1 aromatic carbocycles. The maximum absolute atomic E-state index is 13.7. The van der Waals surface area contributed by atoms with Crippen LogP contribution in [0.2, 0.25) is 0 Å². The molecule has 0 heterocycles. The predicted molar refractivity (Wildman–Crippen MR) is 76.4 cm³/mol. The van der Waals surface area contributed by atoms with E-state index in [1.54, 1.807) is 23.9 Å². The number of halogens is 2. The van der Waals surface area contributed by atoms with Crippen molar-refractivity contribution in [2.45, 2.75) is 31.6 Å². The highest BCUT2D eigenvalue weighted by molar-refractivity contribution is 9.10. The SMILES string of the molecule is CCC(C)SCC(NN)c1cc(Br)ccc1F. The molecule has 0 spiro atoms. The van der Waals surface area contributed by atoms with Gasteiger partial charge in [-0.15, -0.1) is 0 Å². The van der Waals surface area contributed by atoms with Gasteiger partial charge in [-0.3, -0.25) is 11.3 Å². The minimum absolute atomic E-state index is 0.161. The van der Waals surface area contributed by atoms with Gasteiger partial charge in [-0.25, -0.2) is 4.39 Å². The van der Waals surface area contributed by atoms with Crippen LogP contribution in [0.5, 0.6) is 0 Å². The van der Waals surface area contributed by atoms with E-state index in [0.717, 1.165) is 16.6 Å². The van der Waals surface area contributed by atoms with Gasteiger partial charge >= 0.3 is 0 Å². The number of hydrogen-bond acceptors (Lipinski definition) is 3. The second-order valence-corrected chi connectivity index (χ2v) is 6.32. The maximum atomic E-state index is 13.7. The number of hydrogen-bond donors (Lipinski definition) is 2. The first-order valence-electron chi connectivity index (χ1n) is 5.61. The molecule has 96 valence electrons. The Morgan fingerprint density at radius 3 is 2.82 bits per heavy atom. The summed E-state index contributed by atoms with van der Waals surface area (Å²) in [5.74, 6) is 6.05. The van der Waals surface area contributed by atoms with Crippen molar-refractivity contribution in [2.24, 2.45) is 5.84 Å². The molecule has 0 radical (unpaired) electrons. The fourth-order valence-corrected chi connectivity index (χ4v) is 2.80. The molecule has 1 rings (SSSR count). The van der Waals surface area contributed by atoms with Gasteiger partial charge in [0, 0.05) is 21.0 Å². The molecule has 0 aliphatic heterocycles. The first kappa shape index (κ1) is 15.0. The summed E-state index contributed by atoms with van der Waals surface area (Å²) in [4.78, 5) is 0. The first-order valence-corrected chi connectivity index (χ1v) is 7.45. The van der Waals surface area contributed by atoms with E-state index in [1.165, 1.54) is 6.07 Å². The van der Waals surface area contributed by atoms with E-state index in [0.29, 0.717) is 10.8 Å². The molecule has 5 heteroatoms. The number of rotatable bonds is 6. The average molecular weight is 321 g/mol. The van der Waals surface area contributed by atoms with Crippen molar-refractivity contribution in [2.75, 3.05) is 5.75 Å². The molecular weight excluding hydrogens is 303 g/mol. The van der Waals surface area contributed by atoms with Crippen molar-refractivity contribution in [1.29, 1.82) is 0 Å². The van der Waals surface area contributed by atoms with Crippen molar-refractivity contribution in [3.63, 3.8) is 0 Å². The van der Waals surface area contributed by atoms with Crippen LogP contribution < -0.4 is 11.3 Å². The molecule has 2 unspecified atom stereocenters. The third-order valence-electron chi connectivity index (χ3n) is 2.66. The largest absolute Gasteiger partial charge is 0.271 e. The van der Waals surface area contributed by atoms with Crippen molar-refractivity contribution >= 4 is 27.7 Å². The van der Waals surface area contributed by atoms with Crippen LogP contribution in [-0.2, 0) is 0 Å². The molecule has 0 amide bonds. The first-order chi connectivity index (χ1) is 8.08. The predicted octanol–water partition coefficient (Wildman–Crippen LogP) is 3.62. The molecule has 0 saturated carbocycles. The van der Waals surface area contributed by atoms with E-state index < -0.39 is 0 Å². The highest BCUT2D eigenvalue weighted by Crippen LogP contribution is 2.26. The lowest BCUT2D eigenvalue weighted by molar-refractivity contribution is 0.545. The molecule has 0 saturated heterocycles. The topological polar surface area (TPSA) is 38.0 Å². The zero-order chi connectivity index (χ0) is 12.8. The van der Waals surface area contributed by atoms with Gasteiger partial charge in [-0.2, -0.15) is 11.8 Å². The van der Waals surface area contributed by atoms with Gasteiger partial charge in [-0.05, 0) is 24.6 Å². The second kappa shape index (κ2) is 7.36. The van der Waals surface area contributed by atoms with E-state index in [9.17, 15) is 4.39 Å². The van der Waals surface area contributed by atoms with E-state index in [4.69, 9.17) is 5.84 Å². The summed E-state index contributed by atoms with van der Waals surface area (Å²) in [6.45, 7) is 4.30. The lowest BCUT2D eigenvalue weighted by Crippen LogP contribution is -2.30. The number of nitrogens with one attached hydrogen (secondary N) is 1. The third-order valence-corrected chi connectivity index (χ3v) is 4.58. The average Bonchev–Trinajstić information content (AvgIpc) is 2.33. The normalized spacial score (nSPS) is 14.6. The second-order valence-electron chi connectivity index (χ2n) is 3.94. The molecule has 0 aliphatic carbocycles. The monoisotopic (exact) mass is 320 g/mol. The molecule has 3 N–H and O–H groups in total. The lowest BCUT2D eigenvalue weighted by atomic mass is 10.1. The quantitative estimate of drug-likeness (QED) is 0.621. The van der Waals surface area contributed by atoms with E-state index >= 15 is 0 Å². The zero-order valence-corrected chi connectivity index (χ0v) is 12.4. The standard InChI is InChI=1S/C12H18BrFN2S/c1-3-8(2)17-7-12(16-15)10-6-9(13)4-5-11(10)14/h4-6,8,12,16H,3,7,15H2,1-2H3. The molecular formula is C12H18BrFN2S. The Balaban J connectivity index is 2.75. The number of thioether (sulfide) groups is 1. The fraction of sp³-hybridized carbons (Fsp3) is 0.500. The van der Waals surface area contributed by atoms with Crippen molar-refractivity contribution in [3.8, 4) is 0 Å². The Kier molecular flexibility index (Phi) is 6.48. The van der Waals surface area contributed by atoms with Gasteiger partial charge in [-0.1, -0.05) is 29.8 Å². The molecule has 0 aromatic heterocycles.